The molecular weight excluding hydrogens is 314 g/mol. The van der Waals surface area contributed by atoms with Crippen molar-refractivity contribution in [3.8, 4) is 5.75 Å². The number of hydrogen-bond donors (Lipinski definition) is 1. The molecule has 1 heterocycles. The first kappa shape index (κ1) is 17.6. The van der Waals surface area contributed by atoms with Crippen molar-refractivity contribution >= 4 is 0 Å². The molecule has 1 atom stereocenters. The molecule has 24 heavy (non-hydrogen) atoms. The second-order valence-corrected chi connectivity index (χ2v) is 6.74. The molecule has 0 radical (unpaired) electrons. The standard InChI is InChI=1S/C18H26F2N2O2/c19-18(20)24-16-7-5-14(6-8-16)17(23)13-21-9-11-22(12-10-21)15-3-1-2-4-15/h5-8,15,17-18,23H,1-4,9-13H2. The Kier molecular flexibility index (Phi) is 6.03. The molecule has 1 aliphatic heterocycles. The predicted octanol–water partition coefficient (Wildman–Crippen LogP) is 2.88. The first-order valence-electron chi connectivity index (χ1n) is 8.81. The molecular formula is C18H26F2N2O2. The van der Waals surface area contributed by atoms with E-state index in [1.807, 2.05) is 0 Å². The molecule has 2 aliphatic rings. The molecule has 4 nitrogen and oxygen atoms in total. The van der Waals surface area contributed by atoms with Crippen LogP contribution in [0, 0.1) is 0 Å². The van der Waals surface area contributed by atoms with E-state index in [9.17, 15) is 13.9 Å². The second kappa shape index (κ2) is 8.23. The third-order valence-corrected chi connectivity index (χ3v) is 5.17. The maximum Gasteiger partial charge on any atom is 0.387 e. The Labute approximate surface area is 142 Å². The summed E-state index contributed by atoms with van der Waals surface area (Å²) in [5.74, 6) is 0.117. The third kappa shape index (κ3) is 4.65. The van der Waals surface area contributed by atoms with Crippen LogP contribution in [0.5, 0.6) is 5.75 Å². The van der Waals surface area contributed by atoms with Gasteiger partial charge in [0.25, 0.3) is 0 Å². The predicted molar refractivity (Wildman–Crippen MR) is 88.3 cm³/mol. The van der Waals surface area contributed by atoms with Gasteiger partial charge in [-0.05, 0) is 30.5 Å². The van der Waals surface area contributed by atoms with E-state index < -0.39 is 12.7 Å². The fraction of sp³-hybridized carbons (Fsp3) is 0.667. The molecule has 1 aromatic carbocycles. The highest BCUT2D eigenvalue weighted by Gasteiger charge is 2.26. The summed E-state index contributed by atoms with van der Waals surface area (Å²) in [5, 5.41) is 10.4. The number of ether oxygens (including phenoxy) is 1. The number of halogens is 2. The average Bonchev–Trinajstić information content (AvgIpc) is 3.10. The van der Waals surface area contributed by atoms with Crippen LogP contribution in [0.15, 0.2) is 24.3 Å². The lowest BCUT2D eigenvalue weighted by Gasteiger charge is -2.38. The topological polar surface area (TPSA) is 35.9 Å². The highest BCUT2D eigenvalue weighted by atomic mass is 19.3. The van der Waals surface area contributed by atoms with E-state index in [4.69, 9.17) is 0 Å². The number of rotatable bonds is 6. The maximum absolute atomic E-state index is 12.1. The van der Waals surface area contributed by atoms with Crippen LogP contribution in [0.2, 0.25) is 0 Å². The zero-order valence-electron chi connectivity index (χ0n) is 13.9. The normalized spacial score (nSPS) is 22.2. The molecule has 1 aromatic rings. The minimum Gasteiger partial charge on any atom is -0.435 e. The monoisotopic (exact) mass is 340 g/mol. The van der Waals surface area contributed by atoms with Crippen molar-refractivity contribution in [3.05, 3.63) is 29.8 Å². The van der Waals surface area contributed by atoms with Gasteiger partial charge in [0.05, 0.1) is 6.10 Å². The molecule has 3 rings (SSSR count). The zero-order valence-corrected chi connectivity index (χ0v) is 13.9. The molecule has 1 saturated carbocycles. The van der Waals surface area contributed by atoms with E-state index in [-0.39, 0.29) is 5.75 Å². The summed E-state index contributed by atoms with van der Waals surface area (Å²) in [5.41, 5.74) is 0.731. The Bertz CT molecular complexity index is 498. The van der Waals surface area contributed by atoms with Gasteiger partial charge in [-0.3, -0.25) is 9.80 Å². The van der Waals surface area contributed by atoms with E-state index in [1.165, 1.54) is 37.8 Å². The van der Waals surface area contributed by atoms with Crippen molar-refractivity contribution in [2.75, 3.05) is 32.7 Å². The molecule has 134 valence electrons. The lowest BCUT2D eigenvalue weighted by Crippen LogP contribution is -2.50. The molecule has 1 aliphatic carbocycles. The minimum absolute atomic E-state index is 0.117. The van der Waals surface area contributed by atoms with E-state index in [0.29, 0.717) is 6.54 Å². The zero-order chi connectivity index (χ0) is 16.9. The molecule has 2 fully saturated rings. The van der Waals surface area contributed by atoms with Crippen LogP contribution in [0.4, 0.5) is 8.78 Å². The van der Waals surface area contributed by atoms with Crippen LogP contribution < -0.4 is 4.74 Å². The number of benzene rings is 1. The summed E-state index contributed by atoms with van der Waals surface area (Å²) in [4.78, 5) is 4.87. The molecule has 1 unspecified atom stereocenters. The van der Waals surface area contributed by atoms with Crippen LogP contribution in [0.1, 0.15) is 37.4 Å². The lowest BCUT2D eigenvalue weighted by molar-refractivity contribution is -0.0498. The maximum atomic E-state index is 12.1. The van der Waals surface area contributed by atoms with Gasteiger partial charge in [-0.1, -0.05) is 25.0 Å². The summed E-state index contributed by atoms with van der Waals surface area (Å²) in [6, 6.07) is 7.01. The molecule has 1 saturated heterocycles. The lowest BCUT2D eigenvalue weighted by atomic mass is 10.1. The molecule has 0 spiro atoms. The van der Waals surface area contributed by atoms with Gasteiger partial charge in [0.15, 0.2) is 0 Å². The SMILES string of the molecule is OC(CN1CCN(C2CCCC2)CC1)c1ccc(OC(F)F)cc1. The number of alkyl halides is 2. The first-order chi connectivity index (χ1) is 11.6. The van der Waals surface area contributed by atoms with Crippen LogP contribution in [0.3, 0.4) is 0 Å². The number of nitrogens with zero attached hydrogens (tertiary/aromatic N) is 2. The summed E-state index contributed by atoms with van der Waals surface area (Å²) in [6.07, 6.45) is 4.76. The van der Waals surface area contributed by atoms with Crippen LogP contribution in [0.25, 0.3) is 0 Å². The number of piperazine rings is 1. The largest absolute Gasteiger partial charge is 0.435 e. The number of β-amino-alcohol motifs (C(OH)–C–C–N with tert-alkyl or cyclic N) is 1. The van der Waals surface area contributed by atoms with E-state index in [0.717, 1.165) is 37.8 Å². The third-order valence-electron chi connectivity index (χ3n) is 5.17. The Morgan fingerprint density at radius 2 is 1.67 bits per heavy atom. The van der Waals surface area contributed by atoms with Crippen LogP contribution in [-0.4, -0.2) is 60.3 Å². The van der Waals surface area contributed by atoms with Crippen LogP contribution >= 0.6 is 0 Å². The highest BCUT2D eigenvalue weighted by Crippen LogP contribution is 2.25. The minimum atomic E-state index is -2.82. The van der Waals surface area contributed by atoms with Crippen molar-refractivity contribution in [2.24, 2.45) is 0 Å². The summed E-state index contributed by atoms with van der Waals surface area (Å²) in [6.45, 7) is 1.84. The highest BCUT2D eigenvalue weighted by molar-refractivity contribution is 5.28. The second-order valence-electron chi connectivity index (χ2n) is 6.74. The smallest absolute Gasteiger partial charge is 0.387 e. The Hall–Kier alpha value is -1.24. The van der Waals surface area contributed by atoms with E-state index >= 15 is 0 Å². The Morgan fingerprint density at radius 3 is 2.25 bits per heavy atom. The van der Waals surface area contributed by atoms with Gasteiger partial charge < -0.3 is 9.84 Å². The van der Waals surface area contributed by atoms with E-state index in [2.05, 4.69) is 14.5 Å². The Morgan fingerprint density at radius 1 is 1.04 bits per heavy atom. The summed E-state index contributed by atoms with van der Waals surface area (Å²) in [7, 11) is 0. The van der Waals surface area contributed by atoms with Gasteiger partial charge in [-0.15, -0.1) is 0 Å². The van der Waals surface area contributed by atoms with Gasteiger partial charge in [0.1, 0.15) is 5.75 Å². The number of aliphatic hydroxyl groups is 1. The van der Waals surface area contributed by atoms with Gasteiger partial charge in [0, 0.05) is 38.8 Å². The summed E-state index contributed by atoms with van der Waals surface area (Å²) >= 11 is 0. The fourth-order valence-electron chi connectivity index (χ4n) is 3.80. The molecule has 6 heteroatoms. The van der Waals surface area contributed by atoms with E-state index in [1.54, 1.807) is 12.1 Å². The first-order valence-corrected chi connectivity index (χ1v) is 8.81. The van der Waals surface area contributed by atoms with Crippen molar-refractivity contribution in [3.63, 3.8) is 0 Å². The summed E-state index contributed by atoms with van der Waals surface area (Å²) < 4.78 is 28.6. The fourth-order valence-corrected chi connectivity index (χ4v) is 3.80. The van der Waals surface area contributed by atoms with Crippen LogP contribution in [-0.2, 0) is 0 Å². The number of aliphatic hydroxyl groups excluding tert-OH is 1. The molecule has 0 bridgehead atoms. The molecule has 0 amide bonds. The Balaban J connectivity index is 1.46. The van der Waals surface area contributed by atoms with Crippen molar-refractivity contribution < 1.29 is 18.6 Å². The average molecular weight is 340 g/mol. The molecule has 1 N–H and O–H groups in total. The number of hydrogen-bond acceptors (Lipinski definition) is 4. The van der Waals surface area contributed by atoms with Gasteiger partial charge in [-0.2, -0.15) is 8.78 Å². The molecule has 0 aromatic heterocycles. The van der Waals surface area contributed by atoms with Gasteiger partial charge in [-0.25, -0.2) is 0 Å². The van der Waals surface area contributed by atoms with Crippen molar-refractivity contribution in [1.82, 2.24) is 9.80 Å². The van der Waals surface area contributed by atoms with Crippen molar-refractivity contribution in [1.29, 1.82) is 0 Å². The van der Waals surface area contributed by atoms with Crippen molar-refractivity contribution in [2.45, 2.75) is 44.4 Å². The van der Waals surface area contributed by atoms with Gasteiger partial charge in [0.2, 0.25) is 0 Å². The van der Waals surface area contributed by atoms with Gasteiger partial charge >= 0.3 is 6.61 Å². The quantitative estimate of drug-likeness (QED) is 0.864.